The standard InChI is InChI=1S/C15H15F2NO3S/c1-2-20-11-5-3-10(4-6-11)14-18-13(9-22-14)15(19)21-12(7-16)8-17/h3-6,9,12H,2,7-8H2,1H3. The number of carbonyl (C=O) groups is 1. The topological polar surface area (TPSA) is 48.4 Å². The zero-order chi connectivity index (χ0) is 15.9. The van der Waals surface area contributed by atoms with Gasteiger partial charge in [0.15, 0.2) is 11.8 Å². The van der Waals surface area contributed by atoms with Crippen molar-refractivity contribution in [3.05, 3.63) is 35.3 Å². The third-order valence-corrected chi connectivity index (χ3v) is 3.63. The van der Waals surface area contributed by atoms with Crippen LogP contribution in [0.15, 0.2) is 29.6 Å². The number of benzene rings is 1. The average molecular weight is 327 g/mol. The second-order valence-electron chi connectivity index (χ2n) is 4.33. The van der Waals surface area contributed by atoms with E-state index in [-0.39, 0.29) is 5.69 Å². The maximum Gasteiger partial charge on any atom is 0.358 e. The van der Waals surface area contributed by atoms with E-state index in [0.29, 0.717) is 11.6 Å². The Balaban J connectivity index is 2.08. The Kier molecular flexibility index (Phi) is 5.83. The van der Waals surface area contributed by atoms with Crippen molar-refractivity contribution >= 4 is 17.3 Å². The Morgan fingerprint density at radius 2 is 1.95 bits per heavy atom. The molecule has 1 heterocycles. The molecule has 118 valence electrons. The molecule has 0 saturated carbocycles. The quantitative estimate of drug-likeness (QED) is 0.728. The van der Waals surface area contributed by atoms with Crippen molar-refractivity contribution in [2.24, 2.45) is 0 Å². The molecule has 22 heavy (non-hydrogen) atoms. The van der Waals surface area contributed by atoms with Crippen LogP contribution in [0.2, 0.25) is 0 Å². The van der Waals surface area contributed by atoms with E-state index < -0.39 is 25.4 Å². The van der Waals surface area contributed by atoms with Crippen LogP contribution in [-0.4, -0.2) is 37.0 Å². The molecule has 0 spiro atoms. The first-order chi connectivity index (χ1) is 10.7. The highest BCUT2D eigenvalue weighted by Crippen LogP contribution is 2.26. The molecule has 0 amide bonds. The molecule has 0 atom stereocenters. The van der Waals surface area contributed by atoms with Gasteiger partial charge in [0.2, 0.25) is 0 Å². The van der Waals surface area contributed by atoms with Gasteiger partial charge < -0.3 is 9.47 Å². The fourth-order valence-electron chi connectivity index (χ4n) is 1.68. The number of alkyl halides is 2. The molecule has 0 radical (unpaired) electrons. The minimum absolute atomic E-state index is 0.0424. The molecule has 0 aliphatic carbocycles. The number of thiazole rings is 1. The molecule has 2 rings (SSSR count). The molecule has 0 fully saturated rings. The lowest BCUT2D eigenvalue weighted by Crippen LogP contribution is -2.22. The van der Waals surface area contributed by atoms with Gasteiger partial charge in [-0.25, -0.2) is 18.6 Å². The van der Waals surface area contributed by atoms with Crippen molar-refractivity contribution in [2.45, 2.75) is 13.0 Å². The van der Waals surface area contributed by atoms with Gasteiger partial charge in [0.1, 0.15) is 24.1 Å². The van der Waals surface area contributed by atoms with Gasteiger partial charge in [0.25, 0.3) is 0 Å². The summed E-state index contributed by atoms with van der Waals surface area (Å²) in [5.74, 6) is -0.0788. The number of hydrogen-bond donors (Lipinski definition) is 0. The maximum absolute atomic E-state index is 12.4. The van der Waals surface area contributed by atoms with Gasteiger partial charge in [-0.15, -0.1) is 11.3 Å². The normalized spacial score (nSPS) is 10.7. The first-order valence-corrected chi connectivity index (χ1v) is 7.57. The highest BCUT2D eigenvalue weighted by atomic mass is 32.1. The average Bonchev–Trinajstić information content (AvgIpc) is 3.03. The summed E-state index contributed by atoms with van der Waals surface area (Å²) in [6, 6.07) is 7.26. The van der Waals surface area contributed by atoms with Crippen LogP contribution in [0, 0.1) is 0 Å². The predicted octanol–water partition coefficient (Wildman–Crippen LogP) is 3.67. The van der Waals surface area contributed by atoms with Gasteiger partial charge in [-0.1, -0.05) is 0 Å². The third kappa shape index (κ3) is 4.00. The lowest BCUT2D eigenvalue weighted by atomic mass is 10.2. The molecule has 0 saturated heterocycles. The number of carbonyl (C=O) groups excluding carboxylic acids is 1. The van der Waals surface area contributed by atoms with Crippen LogP contribution in [-0.2, 0) is 4.74 Å². The SMILES string of the molecule is CCOc1ccc(-c2nc(C(=O)OC(CF)CF)cs2)cc1. The van der Waals surface area contributed by atoms with E-state index in [9.17, 15) is 13.6 Å². The van der Waals surface area contributed by atoms with E-state index in [0.717, 1.165) is 11.3 Å². The van der Waals surface area contributed by atoms with Crippen molar-refractivity contribution < 1.29 is 23.0 Å². The van der Waals surface area contributed by atoms with Gasteiger partial charge in [0, 0.05) is 10.9 Å². The number of hydrogen-bond acceptors (Lipinski definition) is 5. The van der Waals surface area contributed by atoms with E-state index in [1.807, 2.05) is 19.1 Å². The summed E-state index contributed by atoms with van der Waals surface area (Å²) in [5.41, 5.74) is 0.862. The second kappa shape index (κ2) is 7.84. The number of nitrogens with zero attached hydrogens (tertiary/aromatic N) is 1. The Hall–Kier alpha value is -2.02. The molecule has 0 aliphatic rings. The lowest BCUT2D eigenvalue weighted by molar-refractivity contribution is 0.0167. The van der Waals surface area contributed by atoms with Crippen LogP contribution in [0.3, 0.4) is 0 Å². The molecule has 7 heteroatoms. The summed E-state index contributed by atoms with van der Waals surface area (Å²) in [4.78, 5) is 15.9. The minimum Gasteiger partial charge on any atom is -0.494 e. The molecule has 1 aromatic heterocycles. The van der Waals surface area contributed by atoms with Crippen LogP contribution in [0.5, 0.6) is 5.75 Å². The Labute approximate surface area is 130 Å². The minimum atomic E-state index is -1.37. The zero-order valence-electron chi connectivity index (χ0n) is 11.9. The van der Waals surface area contributed by atoms with Crippen molar-refractivity contribution in [3.63, 3.8) is 0 Å². The molecule has 0 aliphatic heterocycles. The Morgan fingerprint density at radius 1 is 1.27 bits per heavy atom. The Morgan fingerprint density at radius 3 is 2.55 bits per heavy atom. The largest absolute Gasteiger partial charge is 0.494 e. The zero-order valence-corrected chi connectivity index (χ0v) is 12.7. The molecule has 0 bridgehead atoms. The van der Waals surface area contributed by atoms with E-state index in [1.165, 1.54) is 16.7 Å². The smallest absolute Gasteiger partial charge is 0.358 e. The van der Waals surface area contributed by atoms with Gasteiger partial charge in [-0.05, 0) is 31.2 Å². The lowest BCUT2D eigenvalue weighted by Gasteiger charge is -2.08. The monoisotopic (exact) mass is 327 g/mol. The van der Waals surface area contributed by atoms with Crippen molar-refractivity contribution in [2.75, 3.05) is 20.0 Å². The molecule has 1 aromatic carbocycles. The number of rotatable bonds is 7. The first kappa shape index (κ1) is 16.4. The van der Waals surface area contributed by atoms with E-state index in [1.54, 1.807) is 12.1 Å². The summed E-state index contributed by atoms with van der Waals surface area (Å²) in [5, 5.41) is 2.12. The summed E-state index contributed by atoms with van der Waals surface area (Å²) < 4.78 is 34.7. The molecule has 4 nitrogen and oxygen atoms in total. The van der Waals surface area contributed by atoms with Crippen LogP contribution in [0.4, 0.5) is 8.78 Å². The molecule has 0 N–H and O–H groups in total. The van der Waals surface area contributed by atoms with Crippen LogP contribution in [0.25, 0.3) is 10.6 Å². The van der Waals surface area contributed by atoms with E-state index in [4.69, 9.17) is 4.74 Å². The predicted molar refractivity (Wildman–Crippen MR) is 79.9 cm³/mol. The highest BCUT2D eigenvalue weighted by Gasteiger charge is 2.18. The molecule has 2 aromatic rings. The summed E-state index contributed by atoms with van der Waals surface area (Å²) >= 11 is 1.25. The number of ether oxygens (including phenoxy) is 2. The highest BCUT2D eigenvalue weighted by molar-refractivity contribution is 7.13. The Bertz CT molecular complexity index is 612. The van der Waals surface area contributed by atoms with Crippen molar-refractivity contribution in [1.82, 2.24) is 4.98 Å². The van der Waals surface area contributed by atoms with Crippen molar-refractivity contribution in [3.8, 4) is 16.3 Å². The summed E-state index contributed by atoms with van der Waals surface area (Å²) in [6.07, 6.45) is -1.37. The fraction of sp³-hybridized carbons (Fsp3) is 0.333. The maximum atomic E-state index is 12.4. The summed E-state index contributed by atoms with van der Waals surface area (Å²) in [7, 11) is 0. The molecular formula is C15H15F2NO3S. The van der Waals surface area contributed by atoms with Crippen molar-refractivity contribution in [1.29, 1.82) is 0 Å². The molecule has 0 unspecified atom stereocenters. The van der Waals surface area contributed by atoms with E-state index in [2.05, 4.69) is 9.72 Å². The fourth-order valence-corrected chi connectivity index (χ4v) is 2.47. The second-order valence-corrected chi connectivity index (χ2v) is 5.19. The number of aromatic nitrogens is 1. The molecular weight excluding hydrogens is 312 g/mol. The summed E-state index contributed by atoms with van der Waals surface area (Å²) in [6.45, 7) is 0.363. The number of esters is 1. The first-order valence-electron chi connectivity index (χ1n) is 6.69. The van der Waals surface area contributed by atoms with E-state index >= 15 is 0 Å². The van der Waals surface area contributed by atoms with Crippen LogP contribution in [0.1, 0.15) is 17.4 Å². The van der Waals surface area contributed by atoms with Crippen LogP contribution < -0.4 is 4.74 Å². The number of halogens is 2. The van der Waals surface area contributed by atoms with Gasteiger partial charge in [0.05, 0.1) is 6.61 Å². The van der Waals surface area contributed by atoms with Gasteiger partial charge >= 0.3 is 5.97 Å². The van der Waals surface area contributed by atoms with Gasteiger partial charge in [-0.3, -0.25) is 0 Å². The van der Waals surface area contributed by atoms with Gasteiger partial charge in [-0.2, -0.15) is 0 Å². The third-order valence-electron chi connectivity index (χ3n) is 2.74. The van der Waals surface area contributed by atoms with Crippen LogP contribution >= 0.6 is 11.3 Å².